The first kappa shape index (κ1) is 13.4. The first-order chi connectivity index (χ1) is 8.78. The van der Waals surface area contributed by atoms with Gasteiger partial charge in [-0.2, -0.15) is 5.26 Å². The summed E-state index contributed by atoms with van der Waals surface area (Å²) >= 11 is 9.23. The van der Waals surface area contributed by atoms with Crippen molar-refractivity contribution in [2.24, 2.45) is 0 Å². The monoisotopic (exact) mass is 294 g/mol. The molecule has 0 bridgehead atoms. The van der Waals surface area contributed by atoms with Gasteiger partial charge in [-0.1, -0.05) is 11.6 Å². The van der Waals surface area contributed by atoms with Crippen molar-refractivity contribution in [1.82, 2.24) is 4.98 Å². The van der Waals surface area contributed by atoms with E-state index in [1.54, 1.807) is 23.1 Å². The van der Waals surface area contributed by atoms with E-state index in [-0.39, 0.29) is 0 Å². The first-order valence-corrected chi connectivity index (χ1v) is 7.71. The number of benzene rings is 1. The fourth-order valence-corrected chi connectivity index (χ4v) is 3.26. The molecule has 0 radical (unpaired) electrons. The van der Waals surface area contributed by atoms with Crippen LogP contribution in [-0.4, -0.2) is 4.98 Å². The Hall–Kier alpha value is -1.02. The van der Waals surface area contributed by atoms with Crippen LogP contribution in [0.3, 0.4) is 0 Å². The Balaban J connectivity index is 1.88. The zero-order valence-corrected chi connectivity index (χ0v) is 12.0. The first-order valence-electron chi connectivity index (χ1n) is 5.46. The summed E-state index contributed by atoms with van der Waals surface area (Å²) in [6.07, 6.45) is 1.28. The summed E-state index contributed by atoms with van der Waals surface area (Å²) in [6.45, 7) is 0. The molecule has 0 aliphatic rings. The van der Waals surface area contributed by atoms with Crippen molar-refractivity contribution in [3.63, 3.8) is 0 Å². The Labute approximate surface area is 120 Å². The highest BCUT2D eigenvalue weighted by Gasteiger charge is 2.03. The van der Waals surface area contributed by atoms with Gasteiger partial charge in [0.05, 0.1) is 17.5 Å². The molecule has 18 heavy (non-hydrogen) atoms. The van der Waals surface area contributed by atoms with Crippen molar-refractivity contribution in [2.75, 3.05) is 0 Å². The highest BCUT2D eigenvalue weighted by atomic mass is 35.5. The van der Waals surface area contributed by atoms with Crippen LogP contribution in [-0.2, 0) is 12.2 Å². The van der Waals surface area contributed by atoms with Gasteiger partial charge in [0.2, 0.25) is 0 Å². The van der Waals surface area contributed by atoms with Crippen LogP contribution in [0.4, 0.5) is 0 Å². The quantitative estimate of drug-likeness (QED) is 0.759. The Morgan fingerprint density at radius 2 is 2.11 bits per heavy atom. The van der Waals surface area contributed by atoms with Gasteiger partial charge >= 0.3 is 0 Å². The van der Waals surface area contributed by atoms with E-state index in [0.29, 0.717) is 6.42 Å². The molecule has 0 aliphatic carbocycles. The van der Waals surface area contributed by atoms with Gasteiger partial charge in [-0.05, 0) is 24.3 Å². The topological polar surface area (TPSA) is 36.7 Å². The van der Waals surface area contributed by atoms with Crippen LogP contribution < -0.4 is 0 Å². The van der Waals surface area contributed by atoms with Crippen LogP contribution in [0.1, 0.15) is 17.1 Å². The fraction of sp³-hybridized carbons (Fsp3) is 0.231. The molecular weight excluding hydrogens is 284 g/mol. The minimum absolute atomic E-state index is 0.535. The molecule has 0 atom stereocenters. The van der Waals surface area contributed by atoms with E-state index < -0.39 is 0 Å². The van der Waals surface area contributed by atoms with Gasteiger partial charge < -0.3 is 0 Å². The summed E-state index contributed by atoms with van der Waals surface area (Å²) in [5.41, 5.74) is 1.02. The molecule has 0 saturated carbocycles. The molecule has 1 aromatic carbocycles. The number of hydrogen-bond acceptors (Lipinski definition) is 4. The number of thioether (sulfide) groups is 1. The van der Waals surface area contributed by atoms with Crippen LogP contribution in [0.15, 0.2) is 34.5 Å². The molecule has 0 amide bonds. The molecule has 0 fully saturated rings. The lowest BCUT2D eigenvalue weighted by Crippen LogP contribution is -1.85. The maximum Gasteiger partial charge on any atom is 0.103 e. The van der Waals surface area contributed by atoms with Crippen molar-refractivity contribution >= 4 is 34.7 Å². The maximum atomic E-state index is 8.52. The molecule has 1 aromatic heterocycles. The molecule has 5 heteroatoms. The molecule has 2 nitrogen and oxygen atoms in total. The summed E-state index contributed by atoms with van der Waals surface area (Å²) in [4.78, 5) is 5.69. The number of nitrogens with zero attached hydrogens (tertiary/aromatic N) is 2. The molecule has 0 unspecified atom stereocenters. The van der Waals surface area contributed by atoms with Crippen LogP contribution in [0.25, 0.3) is 0 Å². The number of halogens is 1. The van der Waals surface area contributed by atoms with E-state index in [0.717, 1.165) is 27.9 Å². The lowest BCUT2D eigenvalue weighted by Gasteiger charge is -1.98. The third-order valence-electron chi connectivity index (χ3n) is 2.27. The molecule has 0 N–H and O–H groups in total. The van der Waals surface area contributed by atoms with E-state index in [1.807, 2.05) is 29.6 Å². The number of nitriles is 1. The maximum absolute atomic E-state index is 8.52. The molecule has 92 valence electrons. The molecule has 2 rings (SSSR count). The Morgan fingerprint density at radius 3 is 2.83 bits per heavy atom. The Kier molecular flexibility index (Phi) is 5.06. The summed E-state index contributed by atoms with van der Waals surface area (Å²) in [6, 6.07) is 9.94. The number of hydrogen-bond donors (Lipinski definition) is 0. The van der Waals surface area contributed by atoms with Crippen molar-refractivity contribution < 1.29 is 0 Å². The summed E-state index contributed by atoms with van der Waals surface area (Å²) in [7, 11) is 0. The molecule has 2 aromatic rings. The lowest BCUT2D eigenvalue weighted by atomic mass is 10.3. The summed E-state index contributed by atoms with van der Waals surface area (Å²) < 4.78 is 0. The predicted octanol–water partition coefficient (Wildman–Crippen LogP) is 4.54. The van der Waals surface area contributed by atoms with Crippen LogP contribution in [0.2, 0.25) is 5.02 Å². The van der Waals surface area contributed by atoms with Gasteiger partial charge in [0.1, 0.15) is 5.01 Å². The van der Waals surface area contributed by atoms with Gasteiger partial charge in [0, 0.05) is 28.1 Å². The molecule has 0 aliphatic heterocycles. The van der Waals surface area contributed by atoms with Gasteiger partial charge in [-0.25, -0.2) is 4.98 Å². The van der Waals surface area contributed by atoms with E-state index in [4.69, 9.17) is 16.9 Å². The Morgan fingerprint density at radius 1 is 1.33 bits per heavy atom. The third kappa shape index (κ3) is 4.02. The zero-order valence-electron chi connectivity index (χ0n) is 9.60. The van der Waals surface area contributed by atoms with E-state index >= 15 is 0 Å². The number of rotatable bonds is 5. The van der Waals surface area contributed by atoms with E-state index in [9.17, 15) is 0 Å². The van der Waals surface area contributed by atoms with Gasteiger partial charge in [-0.3, -0.25) is 0 Å². The van der Waals surface area contributed by atoms with Crippen molar-refractivity contribution in [1.29, 1.82) is 5.26 Å². The molecule has 0 saturated heterocycles. The molecular formula is C13H11ClN2S2. The standard InChI is InChI=1S/C13H11ClN2S2/c14-10-3-5-12(6-4-10)17-9-13-16-11(8-18-13)2-1-7-15/h3-6,8H,1-2,9H2. The van der Waals surface area contributed by atoms with E-state index in [1.165, 1.54) is 4.90 Å². The summed E-state index contributed by atoms with van der Waals surface area (Å²) in [5.74, 6) is 0.860. The van der Waals surface area contributed by atoms with Gasteiger partial charge in [0.25, 0.3) is 0 Å². The second-order valence-electron chi connectivity index (χ2n) is 3.63. The highest BCUT2D eigenvalue weighted by Crippen LogP contribution is 2.25. The average molecular weight is 295 g/mol. The van der Waals surface area contributed by atoms with Crippen molar-refractivity contribution in [3.05, 3.63) is 45.4 Å². The lowest BCUT2D eigenvalue weighted by molar-refractivity contribution is 0.957. The SMILES string of the molecule is N#CCCc1csc(CSc2ccc(Cl)cc2)n1. The third-order valence-corrected chi connectivity index (χ3v) is 4.62. The minimum atomic E-state index is 0.535. The normalized spacial score (nSPS) is 10.2. The molecule has 0 spiro atoms. The predicted molar refractivity (Wildman–Crippen MR) is 77.1 cm³/mol. The van der Waals surface area contributed by atoms with E-state index in [2.05, 4.69) is 11.1 Å². The van der Waals surface area contributed by atoms with Crippen LogP contribution >= 0.6 is 34.7 Å². The fourth-order valence-electron chi connectivity index (χ4n) is 1.39. The number of aryl methyl sites for hydroxylation is 1. The minimum Gasteiger partial charge on any atom is -0.245 e. The van der Waals surface area contributed by atoms with Crippen LogP contribution in [0.5, 0.6) is 0 Å². The number of aromatic nitrogens is 1. The highest BCUT2D eigenvalue weighted by molar-refractivity contribution is 7.98. The van der Waals surface area contributed by atoms with Gasteiger partial charge in [-0.15, -0.1) is 23.1 Å². The second kappa shape index (κ2) is 6.79. The molecule has 1 heterocycles. The zero-order chi connectivity index (χ0) is 12.8. The Bertz CT molecular complexity index is 543. The van der Waals surface area contributed by atoms with Crippen molar-refractivity contribution in [3.8, 4) is 6.07 Å². The van der Waals surface area contributed by atoms with Gasteiger partial charge in [0.15, 0.2) is 0 Å². The smallest absolute Gasteiger partial charge is 0.103 e. The largest absolute Gasteiger partial charge is 0.245 e. The average Bonchev–Trinajstić information content (AvgIpc) is 2.84. The number of thiazole rings is 1. The van der Waals surface area contributed by atoms with Crippen LogP contribution in [0, 0.1) is 11.3 Å². The second-order valence-corrected chi connectivity index (χ2v) is 6.06. The van der Waals surface area contributed by atoms with Crippen molar-refractivity contribution in [2.45, 2.75) is 23.5 Å². The summed E-state index contributed by atoms with van der Waals surface area (Å²) in [5, 5.41) is 12.4.